The molecule has 14 heavy (non-hydrogen) atoms. The van der Waals surface area contributed by atoms with Crippen molar-refractivity contribution in [2.45, 2.75) is 54.9 Å². The molecular weight excluding hydrogens is 168 g/mol. The Morgan fingerprint density at radius 1 is 1.00 bits per heavy atom. The SMILES string of the molecule is CC(C)(C)C1C(C2CC2(C)C)C1(C)C. The highest BCUT2D eigenvalue weighted by atomic mass is 14.7. The van der Waals surface area contributed by atoms with E-state index in [1.807, 2.05) is 0 Å². The summed E-state index contributed by atoms with van der Waals surface area (Å²) in [7, 11) is 0. The smallest absolute Gasteiger partial charge is 0.0275 e. The molecule has 0 aromatic rings. The van der Waals surface area contributed by atoms with Crippen LogP contribution in [0, 0.1) is 34.0 Å². The molecule has 0 radical (unpaired) electrons. The minimum Gasteiger partial charge on any atom is -0.0599 e. The molecule has 2 aliphatic rings. The first-order valence-electron chi connectivity index (χ1n) is 6.08. The zero-order chi connectivity index (χ0) is 10.9. The van der Waals surface area contributed by atoms with Gasteiger partial charge in [-0.05, 0) is 40.4 Å². The second-order valence-corrected chi connectivity index (χ2v) is 7.99. The van der Waals surface area contributed by atoms with Crippen LogP contribution in [0.25, 0.3) is 0 Å². The zero-order valence-electron chi connectivity index (χ0n) is 10.9. The number of hydrogen-bond acceptors (Lipinski definition) is 0. The summed E-state index contributed by atoms with van der Waals surface area (Å²) in [5.41, 5.74) is 1.77. The lowest BCUT2D eigenvalue weighted by Crippen LogP contribution is -2.12. The lowest BCUT2D eigenvalue weighted by molar-refractivity contribution is 0.292. The van der Waals surface area contributed by atoms with Crippen molar-refractivity contribution in [3.05, 3.63) is 0 Å². The molecule has 2 saturated carbocycles. The summed E-state index contributed by atoms with van der Waals surface area (Å²) in [5, 5.41) is 0. The minimum atomic E-state index is 0.507. The molecule has 2 aliphatic carbocycles. The van der Waals surface area contributed by atoms with Crippen molar-refractivity contribution >= 4 is 0 Å². The molecule has 0 aromatic heterocycles. The lowest BCUT2D eigenvalue weighted by Gasteiger charge is -2.20. The third-order valence-electron chi connectivity index (χ3n) is 4.87. The predicted molar refractivity (Wildman–Crippen MR) is 62.1 cm³/mol. The van der Waals surface area contributed by atoms with Gasteiger partial charge in [0.25, 0.3) is 0 Å². The van der Waals surface area contributed by atoms with Crippen molar-refractivity contribution in [1.82, 2.24) is 0 Å². The summed E-state index contributed by atoms with van der Waals surface area (Å²) in [4.78, 5) is 0. The van der Waals surface area contributed by atoms with E-state index in [0.717, 1.165) is 17.8 Å². The van der Waals surface area contributed by atoms with Crippen molar-refractivity contribution in [2.75, 3.05) is 0 Å². The van der Waals surface area contributed by atoms with Gasteiger partial charge < -0.3 is 0 Å². The molecule has 82 valence electrons. The maximum atomic E-state index is 2.47. The molecule has 0 saturated heterocycles. The first-order valence-corrected chi connectivity index (χ1v) is 6.08. The molecule has 0 nitrogen and oxygen atoms in total. The highest BCUT2D eigenvalue weighted by Gasteiger charge is 2.70. The molecule has 0 heterocycles. The van der Waals surface area contributed by atoms with E-state index < -0.39 is 0 Å². The van der Waals surface area contributed by atoms with Gasteiger partial charge in [0, 0.05) is 0 Å². The van der Waals surface area contributed by atoms with Gasteiger partial charge >= 0.3 is 0 Å². The fourth-order valence-corrected chi connectivity index (χ4v) is 4.20. The van der Waals surface area contributed by atoms with Crippen LogP contribution < -0.4 is 0 Å². The first-order chi connectivity index (χ1) is 6.08. The van der Waals surface area contributed by atoms with Crippen LogP contribution in [0.4, 0.5) is 0 Å². The van der Waals surface area contributed by atoms with E-state index in [0.29, 0.717) is 16.2 Å². The topological polar surface area (TPSA) is 0 Å². The molecule has 0 amide bonds. The summed E-state index contributed by atoms with van der Waals surface area (Å²) >= 11 is 0. The Labute approximate surface area is 89.5 Å². The molecular formula is C14H26. The van der Waals surface area contributed by atoms with Crippen molar-refractivity contribution < 1.29 is 0 Å². The normalized spacial score (nSPS) is 43.5. The fourth-order valence-electron chi connectivity index (χ4n) is 4.20. The van der Waals surface area contributed by atoms with Crippen molar-refractivity contribution in [2.24, 2.45) is 34.0 Å². The Hall–Kier alpha value is 0. The van der Waals surface area contributed by atoms with E-state index in [1.54, 1.807) is 0 Å². The molecule has 0 aromatic carbocycles. The fraction of sp³-hybridized carbons (Fsp3) is 1.00. The summed E-state index contributed by atoms with van der Waals surface area (Å²) in [6.07, 6.45) is 1.47. The van der Waals surface area contributed by atoms with Crippen LogP contribution in [0.2, 0.25) is 0 Å². The van der Waals surface area contributed by atoms with Crippen LogP contribution >= 0.6 is 0 Å². The van der Waals surface area contributed by atoms with Crippen molar-refractivity contribution in [3.8, 4) is 0 Å². The highest BCUT2D eigenvalue weighted by Crippen LogP contribution is 2.76. The van der Waals surface area contributed by atoms with Crippen molar-refractivity contribution in [3.63, 3.8) is 0 Å². The van der Waals surface area contributed by atoms with Crippen LogP contribution in [-0.4, -0.2) is 0 Å². The average Bonchev–Trinajstić information content (AvgIpc) is 2.66. The van der Waals surface area contributed by atoms with Gasteiger partial charge in [-0.2, -0.15) is 0 Å². The van der Waals surface area contributed by atoms with Gasteiger partial charge in [0.1, 0.15) is 0 Å². The molecule has 3 atom stereocenters. The zero-order valence-corrected chi connectivity index (χ0v) is 10.9. The van der Waals surface area contributed by atoms with E-state index in [-0.39, 0.29) is 0 Å². The molecule has 0 heteroatoms. The summed E-state index contributed by atoms with van der Waals surface area (Å²) in [6.45, 7) is 17.1. The molecule has 0 spiro atoms. The standard InChI is InChI=1S/C14H26/c1-12(2,3)11-10(14(11,6)7)9-8-13(9,4)5/h9-11H,8H2,1-7H3. The van der Waals surface area contributed by atoms with Gasteiger partial charge in [-0.25, -0.2) is 0 Å². The van der Waals surface area contributed by atoms with E-state index in [9.17, 15) is 0 Å². The first kappa shape index (κ1) is 10.5. The molecule has 0 bridgehead atoms. The molecule has 2 fully saturated rings. The highest BCUT2D eigenvalue weighted by molar-refractivity contribution is 5.18. The molecule has 0 aliphatic heterocycles. The van der Waals surface area contributed by atoms with Crippen LogP contribution in [-0.2, 0) is 0 Å². The van der Waals surface area contributed by atoms with E-state index in [4.69, 9.17) is 0 Å². The Kier molecular flexibility index (Phi) is 1.79. The summed E-state index contributed by atoms with van der Waals surface area (Å²) in [6, 6.07) is 0. The molecule has 0 N–H and O–H groups in total. The Bertz CT molecular complexity index is 252. The van der Waals surface area contributed by atoms with Gasteiger partial charge in [0.15, 0.2) is 0 Å². The molecule has 2 rings (SSSR count). The lowest BCUT2D eigenvalue weighted by atomic mass is 9.85. The Morgan fingerprint density at radius 2 is 1.43 bits per heavy atom. The maximum absolute atomic E-state index is 2.47. The van der Waals surface area contributed by atoms with E-state index in [1.165, 1.54) is 6.42 Å². The largest absolute Gasteiger partial charge is 0.0599 e. The van der Waals surface area contributed by atoms with Crippen LogP contribution in [0.5, 0.6) is 0 Å². The maximum Gasteiger partial charge on any atom is -0.0275 e. The Morgan fingerprint density at radius 3 is 1.64 bits per heavy atom. The third kappa shape index (κ3) is 1.33. The second kappa shape index (κ2) is 2.39. The summed E-state index contributed by atoms with van der Waals surface area (Å²) in [5.74, 6) is 2.96. The van der Waals surface area contributed by atoms with Gasteiger partial charge in [-0.1, -0.05) is 48.5 Å². The second-order valence-electron chi connectivity index (χ2n) is 7.99. The van der Waals surface area contributed by atoms with Gasteiger partial charge in [0.2, 0.25) is 0 Å². The number of rotatable bonds is 1. The monoisotopic (exact) mass is 194 g/mol. The van der Waals surface area contributed by atoms with Crippen LogP contribution in [0.1, 0.15) is 54.9 Å². The quantitative estimate of drug-likeness (QED) is 0.582. The Balaban J connectivity index is 2.11. The summed E-state index contributed by atoms with van der Waals surface area (Å²) < 4.78 is 0. The van der Waals surface area contributed by atoms with Gasteiger partial charge in [-0.15, -0.1) is 0 Å². The molecule has 3 unspecified atom stereocenters. The predicted octanol–water partition coefficient (Wildman–Crippen LogP) is 4.35. The van der Waals surface area contributed by atoms with Crippen molar-refractivity contribution in [1.29, 1.82) is 0 Å². The average molecular weight is 194 g/mol. The van der Waals surface area contributed by atoms with Gasteiger partial charge in [-0.3, -0.25) is 0 Å². The van der Waals surface area contributed by atoms with Gasteiger partial charge in [0.05, 0.1) is 0 Å². The van der Waals surface area contributed by atoms with Crippen LogP contribution in [0.3, 0.4) is 0 Å². The minimum absolute atomic E-state index is 0.507. The van der Waals surface area contributed by atoms with E-state index >= 15 is 0 Å². The third-order valence-corrected chi connectivity index (χ3v) is 4.87. The van der Waals surface area contributed by atoms with E-state index in [2.05, 4.69) is 48.5 Å². The van der Waals surface area contributed by atoms with Crippen LogP contribution in [0.15, 0.2) is 0 Å². The number of hydrogen-bond donors (Lipinski definition) is 0.